The molecule has 0 bridgehead atoms. The maximum Gasteiger partial charge on any atom is 0.416 e. The van der Waals surface area contributed by atoms with E-state index in [0.717, 1.165) is 11.3 Å². The van der Waals surface area contributed by atoms with Gasteiger partial charge in [0.2, 0.25) is 5.95 Å². The summed E-state index contributed by atoms with van der Waals surface area (Å²) in [6.07, 6.45) is 0.950. The number of aromatic nitrogens is 2. The molecule has 8 heteroatoms. The van der Waals surface area contributed by atoms with Gasteiger partial charge >= 0.3 is 12.1 Å². The van der Waals surface area contributed by atoms with E-state index in [1.807, 2.05) is 0 Å². The molecular weight excluding hydrogens is 318 g/mol. The first-order valence-electron chi connectivity index (χ1n) is 6.80. The lowest BCUT2D eigenvalue weighted by Gasteiger charge is -2.23. The normalized spacial score (nSPS) is 11.1. The average Bonchev–Trinajstić information content (AvgIpc) is 2.95. The van der Waals surface area contributed by atoms with Crippen molar-refractivity contribution in [3.8, 4) is 10.6 Å². The Morgan fingerprint density at radius 3 is 2.52 bits per heavy atom. The smallest absolute Gasteiger partial charge is 0.416 e. The molecule has 7 nitrogen and oxygen atoms in total. The molecule has 0 spiro atoms. The van der Waals surface area contributed by atoms with E-state index < -0.39 is 17.7 Å². The first-order chi connectivity index (χ1) is 10.7. The van der Waals surface area contributed by atoms with Crippen molar-refractivity contribution in [1.29, 1.82) is 0 Å². The van der Waals surface area contributed by atoms with Crippen LogP contribution in [0.25, 0.3) is 10.6 Å². The van der Waals surface area contributed by atoms with Crippen LogP contribution in [0, 0.1) is 0 Å². The van der Waals surface area contributed by atoms with Crippen molar-refractivity contribution in [2.45, 2.75) is 26.4 Å². The topological polar surface area (TPSA) is 92.6 Å². The van der Waals surface area contributed by atoms with Gasteiger partial charge in [0.25, 0.3) is 0 Å². The van der Waals surface area contributed by atoms with Gasteiger partial charge < -0.3 is 9.84 Å². The number of ether oxygens (including phenoxy) is 1. The predicted molar refractivity (Wildman–Crippen MR) is 86.9 cm³/mol. The van der Waals surface area contributed by atoms with Gasteiger partial charge in [-0.3, -0.25) is 0 Å². The van der Waals surface area contributed by atoms with Crippen LogP contribution < -0.4 is 4.90 Å². The van der Waals surface area contributed by atoms with Crippen LogP contribution in [0.4, 0.5) is 10.7 Å². The van der Waals surface area contributed by atoms with Gasteiger partial charge in [-0.1, -0.05) is 0 Å². The number of rotatable bonds is 3. The Labute approximate surface area is 137 Å². The number of amides is 1. The Hall–Kier alpha value is -2.48. The number of hydrogen-bond acceptors (Lipinski definition) is 6. The van der Waals surface area contributed by atoms with E-state index in [1.54, 1.807) is 32.9 Å². The molecule has 2 aromatic heterocycles. The molecular formula is C15H17N3O4S. The third kappa shape index (κ3) is 4.26. The summed E-state index contributed by atoms with van der Waals surface area (Å²) < 4.78 is 5.27. The minimum absolute atomic E-state index is 0.182. The number of nitrogens with zero attached hydrogens (tertiary/aromatic N) is 3. The van der Waals surface area contributed by atoms with Crippen LogP contribution in [0.5, 0.6) is 0 Å². The number of carbonyl (C=O) groups excluding carboxylic acids is 1. The van der Waals surface area contributed by atoms with Crippen molar-refractivity contribution in [2.75, 3.05) is 11.9 Å². The molecule has 0 saturated heterocycles. The second-order valence-corrected chi connectivity index (χ2v) is 6.83. The van der Waals surface area contributed by atoms with E-state index in [1.165, 1.54) is 24.2 Å². The van der Waals surface area contributed by atoms with E-state index >= 15 is 0 Å². The van der Waals surface area contributed by atoms with Crippen molar-refractivity contribution in [1.82, 2.24) is 9.97 Å². The quantitative estimate of drug-likeness (QED) is 0.925. The lowest BCUT2D eigenvalue weighted by molar-refractivity contribution is 0.0586. The van der Waals surface area contributed by atoms with Crippen molar-refractivity contribution in [3.05, 3.63) is 29.3 Å². The molecule has 2 rings (SSSR count). The fraction of sp³-hybridized carbons (Fsp3) is 0.333. The summed E-state index contributed by atoms with van der Waals surface area (Å²) in [7, 11) is 1.52. The number of aromatic carboxylic acids is 1. The summed E-state index contributed by atoms with van der Waals surface area (Å²) in [5.74, 6) is -0.802. The molecule has 0 saturated carbocycles. The Balaban J connectivity index is 2.25. The maximum atomic E-state index is 12.0. The lowest BCUT2D eigenvalue weighted by Crippen LogP contribution is -2.35. The summed E-state index contributed by atoms with van der Waals surface area (Å²) in [5, 5.41) is 8.98. The van der Waals surface area contributed by atoms with Gasteiger partial charge in [-0.05, 0) is 39.0 Å². The first kappa shape index (κ1) is 16.9. The number of carboxylic acids is 1. The molecule has 0 fully saturated rings. The minimum Gasteiger partial charge on any atom is -0.477 e. The van der Waals surface area contributed by atoms with E-state index in [4.69, 9.17) is 9.84 Å². The van der Waals surface area contributed by atoms with Crippen LogP contribution in [0.2, 0.25) is 0 Å². The number of hydrogen-bond donors (Lipinski definition) is 1. The van der Waals surface area contributed by atoms with Crippen molar-refractivity contribution in [3.63, 3.8) is 0 Å². The summed E-state index contributed by atoms with van der Waals surface area (Å²) >= 11 is 1.11. The standard InChI is InChI=1S/C15H17N3O4S/c1-15(2,3)22-14(21)18(4)13-16-8-7-9(17-13)10-5-6-11(23-10)12(19)20/h5-8H,1-4H3,(H,19,20). The largest absolute Gasteiger partial charge is 0.477 e. The lowest BCUT2D eigenvalue weighted by atomic mass is 10.2. The van der Waals surface area contributed by atoms with Gasteiger partial charge in [-0.25, -0.2) is 24.5 Å². The fourth-order valence-corrected chi connectivity index (χ4v) is 2.46. The highest BCUT2D eigenvalue weighted by atomic mass is 32.1. The fourth-order valence-electron chi connectivity index (χ4n) is 1.65. The predicted octanol–water partition coefficient (Wildman–Crippen LogP) is 3.27. The van der Waals surface area contributed by atoms with Crippen molar-refractivity contribution in [2.24, 2.45) is 0 Å². The summed E-state index contributed by atoms with van der Waals surface area (Å²) in [6, 6.07) is 4.85. The van der Waals surface area contributed by atoms with E-state index in [2.05, 4.69) is 9.97 Å². The molecule has 122 valence electrons. The SMILES string of the molecule is CN(C(=O)OC(C)(C)C)c1nccc(-c2ccc(C(=O)O)s2)n1. The molecule has 0 atom stereocenters. The average molecular weight is 335 g/mol. The molecule has 0 unspecified atom stereocenters. The molecule has 23 heavy (non-hydrogen) atoms. The Kier molecular flexibility index (Phi) is 4.65. The van der Waals surface area contributed by atoms with Crippen LogP contribution >= 0.6 is 11.3 Å². The molecule has 0 radical (unpaired) electrons. The molecule has 0 aromatic carbocycles. The van der Waals surface area contributed by atoms with Gasteiger partial charge in [0.05, 0.1) is 10.6 Å². The zero-order chi connectivity index (χ0) is 17.2. The summed E-state index contributed by atoms with van der Waals surface area (Å²) in [6.45, 7) is 5.32. The van der Waals surface area contributed by atoms with Gasteiger partial charge in [0, 0.05) is 13.2 Å². The van der Waals surface area contributed by atoms with Gasteiger partial charge in [-0.15, -0.1) is 11.3 Å². The van der Waals surface area contributed by atoms with Crippen LogP contribution in [-0.4, -0.2) is 39.8 Å². The van der Waals surface area contributed by atoms with E-state index in [9.17, 15) is 9.59 Å². The maximum absolute atomic E-state index is 12.0. The summed E-state index contributed by atoms with van der Waals surface area (Å²) in [4.78, 5) is 33.5. The number of anilines is 1. The zero-order valence-electron chi connectivity index (χ0n) is 13.2. The third-order valence-electron chi connectivity index (χ3n) is 2.68. The number of carbonyl (C=O) groups is 2. The minimum atomic E-state index is -0.985. The third-order valence-corrected chi connectivity index (χ3v) is 3.78. The second-order valence-electron chi connectivity index (χ2n) is 5.75. The molecule has 1 amide bonds. The highest BCUT2D eigenvalue weighted by Gasteiger charge is 2.22. The van der Waals surface area contributed by atoms with Crippen molar-refractivity contribution < 1.29 is 19.4 Å². The summed E-state index contributed by atoms with van der Waals surface area (Å²) in [5.41, 5.74) is -0.0736. The van der Waals surface area contributed by atoms with E-state index in [-0.39, 0.29) is 10.8 Å². The molecule has 2 heterocycles. The van der Waals surface area contributed by atoms with Gasteiger partial charge in [-0.2, -0.15) is 0 Å². The zero-order valence-corrected chi connectivity index (χ0v) is 14.0. The van der Waals surface area contributed by atoms with Gasteiger partial charge in [0.15, 0.2) is 0 Å². The Morgan fingerprint density at radius 2 is 1.96 bits per heavy atom. The molecule has 0 aliphatic carbocycles. The first-order valence-corrected chi connectivity index (χ1v) is 7.62. The van der Waals surface area contributed by atoms with Gasteiger partial charge in [0.1, 0.15) is 10.5 Å². The van der Waals surface area contributed by atoms with Crippen LogP contribution in [0.3, 0.4) is 0 Å². The number of thiophene rings is 1. The second kappa shape index (κ2) is 6.33. The molecule has 2 aromatic rings. The molecule has 0 aliphatic heterocycles. The molecule has 0 aliphatic rings. The Morgan fingerprint density at radius 1 is 1.26 bits per heavy atom. The van der Waals surface area contributed by atoms with Crippen LogP contribution in [0.15, 0.2) is 24.4 Å². The number of carboxylic acid groups (broad SMARTS) is 1. The molecule has 1 N–H and O–H groups in total. The van der Waals surface area contributed by atoms with Crippen molar-refractivity contribution >= 4 is 29.3 Å². The van der Waals surface area contributed by atoms with Crippen LogP contribution in [0.1, 0.15) is 30.4 Å². The van der Waals surface area contributed by atoms with E-state index in [0.29, 0.717) is 10.6 Å². The highest BCUT2D eigenvalue weighted by Crippen LogP contribution is 2.27. The highest BCUT2D eigenvalue weighted by molar-refractivity contribution is 7.17. The monoisotopic (exact) mass is 335 g/mol. The Bertz CT molecular complexity index is 736. The van der Waals surface area contributed by atoms with Crippen LogP contribution in [-0.2, 0) is 4.74 Å².